The van der Waals surface area contributed by atoms with Gasteiger partial charge in [0.2, 0.25) is 5.91 Å². The van der Waals surface area contributed by atoms with Crippen LogP contribution in [-0.2, 0) is 11.2 Å². The highest BCUT2D eigenvalue weighted by Crippen LogP contribution is 2.29. The third-order valence-corrected chi connectivity index (χ3v) is 3.15. The summed E-state index contributed by atoms with van der Waals surface area (Å²) < 4.78 is 13.4. The second-order valence-corrected chi connectivity index (χ2v) is 5.44. The van der Waals surface area contributed by atoms with Gasteiger partial charge in [0.15, 0.2) is 0 Å². The minimum atomic E-state index is -0.326. The van der Waals surface area contributed by atoms with Crippen molar-refractivity contribution in [2.24, 2.45) is 5.92 Å². The minimum absolute atomic E-state index is 0.0567. The van der Waals surface area contributed by atoms with Gasteiger partial charge in [-0.25, -0.2) is 4.39 Å². The Labute approximate surface area is 123 Å². The van der Waals surface area contributed by atoms with Crippen LogP contribution in [-0.4, -0.2) is 16.1 Å². The number of nitrogens with zero attached hydrogens (tertiary/aromatic N) is 1. The zero-order valence-electron chi connectivity index (χ0n) is 12.5. The number of halogens is 1. The van der Waals surface area contributed by atoms with Crippen molar-refractivity contribution in [3.63, 3.8) is 0 Å². The number of hydrogen-bond donors (Lipinski definition) is 2. The summed E-state index contributed by atoms with van der Waals surface area (Å²) in [6.45, 7) is 5.95. The molecule has 0 aliphatic heterocycles. The molecule has 0 fully saturated rings. The first-order valence-corrected chi connectivity index (χ1v) is 7.14. The van der Waals surface area contributed by atoms with Crippen molar-refractivity contribution in [1.82, 2.24) is 10.2 Å². The molecule has 21 heavy (non-hydrogen) atoms. The fourth-order valence-electron chi connectivity index (χ4n) is 2.17. The van der Waals surface area contributed by atoms with Crippen molar-refractivity contribution < 1.29 is 9.18 Å². The average Bonchev–Trinajstić information content (AvgIpc) is 2.80. The van der Waals surface area contributed by atoms with Crippen LogP contribution in [0.4, 0.5) is 10.1 Å². The van der Waals surface area contributed by atoms with Crippen LogP contribution in [0.3, 0.4) is 0 Å². The molecule has 1 amide bonds. The van der Waals surface area contributed by atoms with E-state index >= 15 is 0 Å². The number of carbonyl (C=O) groups excluding carboxylic acids is 1. The van der Waals surface area contributed by atoms with Crippen molar-refractivity contribution in [1.29, 1.82) is 0 Å². The van der Waals surface area contributed by atoms with Crippen LogP contribution in [0.1, 0.15) is 32.9 Å². The molecular weight excluding hydrogens is 269 g/mol. The monoisotopic (exact) mass is 289 g/mol. The van der Waals surface area contributed by atoms with Crippen LogP contribution in [0.5, 0.6) is 0 Å². The number of aromatic amines is 1. The number of carbonyl (C=O) groups is 1. The summed E-state index contributed by atoms with van der Waals surface area (Å²) in [6, 6.07) is 6.20. The fourth-order valence-corrected chi connectivity index (χ4v) is 2.17. The highest BCUT2D eigenvalue weighted by molar-refractivity contribution is 5.95. The minimum Gasteiger partial charge on any atom is -0.323 e. The SMILES string of the molecule is CCc1[nH]nc(-c2cccc(F)c2)c1NC(=O)CC(C)C. The van der Waals surface area contributed by atoms with Gasteiger partial charge >= 0.3 is 0 Å². The molecule has 0 bridgehead atoms. The van der Waals surface area contributed by atoms with Gasteiger partial charge < -0.3 is 5.32 Å². The third kappa shape index (κ3) is 3.68. The van der Waals surface area contributed by atoms with Gasteiger partial charge in [0, 0.05) is 12.0 Å². The maximum atomic E-state index is 13.4. The molecule has 2 rings (SSSR count). The van der Waals surface area contributed by atoms with Crippen molar-refractivity contribution in [3.8, 4) is 11.3 Å². The Morgan fingerprint density at radius 2 is 2.19 bits per heavy atom. The second-order valence-electron chi connectivity index (χ2n) is 5.44. The lowest BCUT2D eigenvalue weighted by Crippen LogP contribution is -2.15. The highest BCUT2D eigenvalue weighted by Gasteiger charge is 2.17. The van der Waals surface area contributed by atoms with Gasteiger partial charge in [-0.05, 0) is 24.5 Å². The van der Waals surface area contributed by atoms with E-state index in [1.54, 1.807) is 12.1 Å². The predicted molar refractivity (Wildman–Crippen MR) is 81.4 cm³/mol. The van der Waals surface area contributed by atoms with E-state index in [2.05, 4.69) is 15.5 Å². The van der Waals surface area contributed by atoms with Crippen molar-refractivity contribution in [3.05, 3.63) is 35.8 Å². The van der Waals surface area contributed by atoms with E-state index in [-0.39, 0.29) is 17.6 Å². The molecule has 0 atom stereocenters. The summed E-state index contributed by atoms with van der Waals surface area (Å²) in [4.78, 5) is 12.0. The molecule has 0 spiro atoms. The van der Waals surface area contributed by atoms with Gasteiger partial charge in [0.05, 0.1) is 11.4 Å². The lowest BCUT2D eigenvalue weighted by Gasteiger charge is -2.09. The topological polar surface area (TPSA) is 57.8 Å². The van der Waals surface area contributed by atoms with Gasteiger partial charge in [-0.1, -0.05) is 32.9 Å². The molecule has 0 unspecified atom stereocenters. The number of rotatable bonds is 5. The van der Waals surface area contributed by atoms with Crippen molar-refractivity contribution >= 4 is 11.6 Å². The Bertz CT molecular complexity index is 634. The smallest absolute Gasteiger partial charge is 0.224 e. The Balaban J connectivity index is 2.35. The number of anilines is 1. The molecule has 0 aliphatic rings. The first kappa shape index (κ1) is 15.2. The zero-order chi connectivity index (χ0) is 15.4. The number of hydrogen-bond acceptors (Lipinski definition) is 2. The summed E-state index contributed by atoms with van der Waals surface area (Å²) in [7, 11) is 0. The lowest BCUT2D eigenvalue weighted by atomic mass is 10.1. The van der Waals surface area contributed by atoms with Gasteiger partial charge in [-0.15, -0.1) is 0 Å². The van der Waals surface area contributed by atoms with Crippen LogP contribution in [0, 0.1) is 11.7 Å². The van der Waals surface area contributed by atoms with Gasteiger partial charge in [-0.2, -0.15) is 5.10 Å². The summed E-state index contributed by atoms with van der Waals surface area (Å²) in [6.07, 6.45) is 1.15. The van der Waals surface area contributed by atoms with E-state index in [0.29, 0.717) is 29.8 Å². The number of nitrogens with one attached hydrogen (secondary N) is 2. The molecule has 4 nitrogen and oxygen atoms in total. The number of aromatic nitrogens is 2. The number of benzene rings is 1. The molecule has 1 aromatic heterocycles. The molecule has 0 radical (unpaired) electrons. The molecular formula is C16H20FN3O. The maximum Gasteiger partial charge on any atom is 0.224 e. The van der Waals surface area contributed by atoms with Crippen LogP contribution in [0.15, 0.2) is 24.3 Å². The third-order valence-electron chi connectivity index (χ3n) is 3.15. The van der Waals surface area contributed by atoms with Gasteiger partial charge in [-0.3, -0.25) is 9.89 Å². The quantitative estimate of drug-likeness (QED) is 0.880. The van der Waals surface area contributed by atoms with Crippen LogP contribution in [0.2, 0.25) is 0 Å². The summed E-state index contributed by atoms with van der Waals surface area (Å²) in [5, 5.41) is 10.0. The normalized spacial score (nSPS) is 10.9. The number of amides is 1. The fraction of sp³-hybridized carbons (Fsp3) is 0.375. The van der Waals surface area contributed by atoms with Crippen molar-refractivity contribution in [2.45, 2.75) is 33.6 Å². The van der Waals surface area contributed by atoms with E-state index in [9.17, 15) is 9.18 Å². The summed E-state index contributed by atoms with van der Waals surface area (Å²) in [5.41, 5.74) is 2.70. The van der Waals surface area contributed by atoms with Crippen LogP contribution >= 0.6 is 0 Å². The Morgan fingerprint density at radius 1 is 1.43 bits per heavy atom. The Kier molecular flexibility index (Phi) is 4.73. The molecule has 0 saturated heterocycles. The standard InChI is InChI=1S/C16H20FN3O/c1-4-13-16(18-14(21)8-10(2)3)15(20-19-13)11-6-5-7-12(17)9-11/h5-7,9-10H,4,8H2,1-3H3,(H,18,21)(H,19,20). The molecule has 112 valence electrons. The zero-order valence-corrected chi connectivity index (χ0v) is 12.5. The molecule has 1 aromatic carbocycles. The molecule has 0 aliphatic carbocycles. The molecule has 0 saturated carbocycles. The lowest BCUT2D eigenvalue weighted by molar-refractivity contribution is -0.116. The van der Waals surface area contributed by atoms with Crippen LogP contribution in [0.25, 0.3) is 11.3 Å². The molecule has 2 aromatic rings. The first-order valence-electron chi connectivity index (χ1n) is 7.14. The van der Waals surface area contributed by atoms with E-state index in [0.717, 1.165) is 5.69 Å². The van der Waals surface area contributed by atoms with E-state index < -0.39 is 0 Å². The maximum absolute atomic E-state index is 13.4. The number of H-pyrrole nitrogens is 1. The van der Waals surface area contributed by atoms with Crippen LogP contribution < -0.4 is 5.32 Å². The Hall–Kier alpha value is -2.17. The Morgan fingerprint density at radius 3 is 2.81 bits per heavy atom. The summed E-state index contributed by atoms with van der Waals surface area (Å²) >= 11 is 0. The largest absolute Gasteiger partial charge is 0.323 e. The highest BCUT2D eigenvalue weighted by atomic mass is 19.1. The molecule has 1 heterocycles. The number of aryl methyl sites for hydroxylation is 1. The van der Waals surface area contributed by atoms with E-state index in [4.69, 9.17) is 0 Å². The van der Waals surface area contributed by atoms with Gasteiger partial charge in [0.25, 0.3) is 0 Å². The van der Waals surface area contributed by atoms with Gasteiger partial charge in [0.1, 0.15) is 11.5 Å². The molecule has 2 N–H and O–H groups in total. The average molecular weight is 289 g/mol. The van der Waals surface area contributed by atoms with Crippen molar-refractivity contribution in [2.75, 3.05) is 5.32 Å². The first-order chi connectivity index (χ1) is 10.0. The summed E-state index contributed by atoms with van der Waals surface area (Å²) in [5.74, 6) is -0.105. The van der Waals surface area contributed by atoms with E-state index in [1.165, 1.54) is 12.1 Å². The molecule has 5 heteroatoms. The van der Waals surface area contributed by atoms with E-state index in [1.807, 2.05) is 20.8 Å². The predicted octanol–water partition coefficient (Wildman–Crippen LogP) is 3.76. The second kappa shape index (κ2) is 6.52.